The zero-order valence-corrected chi connectivity index (χ0v) is 8.67. The second-order valence-electron chi connectivity index (χ2n) is 3.85. The van der Waals surface area contributed by atoms with Crippen LogP contribution >= 0.6 is 12.8 Å². The highest BCUT2D eigenvalue weighted by Crippen LogP contribution is 2.22. The van der Waals surface area contributed by atoms with Gasteiger partial charge in [-0.1, -0.05) is 12.8 Å². The number of carbonyl (C=O) groups is 1. The van der Waals surface area contributed by atoms with Gasteiger partial charge < -0.3 is 4.90 Å². The van der Waals surface area contributed by atoms with Crippen LogP contribution in [0.15, 0.2) is 0 Å². The fourth-order valence-electron chi connectivity index (χ4n) is 2.15. The Hall–Kier alpha value is -0.220. The third kappa shape index (κ3) is 1.83. The van der Waals surface area contributed by atoms with E-state index in [0.717, 1.165) is 32.5 Å². The monoisotopic (exact) mass is 200 g/mol. The van der Waals surface area contributed by atoms with E-state index in [2.05, 4.69) is 12.8 Å². The first-order chi connectivity index (χ1) is 6.29. The van der Waals surface area contributed by atoms with Gasteiger partial charge in [0.2, 0.25) is 5.91 Å². The predicted octanol–water partition coefficient (Wildman–Crippen LogP) is 0.918. The molecule has 1 atom stereocenters. The highest BCUT2D eigenvalue weighted by molar-refractivity contribution is 7.77. The minimum absolute atomic E-state index is 0.0569. The Kier molecular flexibility index (Phi) is 2.79. The van der Waals surface area contributed by atoms with Crippen molar-refractivity contribution in [2.45, 2.75) is 31.7 Å². The Balaban J connectivity index is 1.95. The Morgan fingerprint density at radius 1 is 1.15 bits per heavy atom. The van der Waals surface area contributed by atoms with E-state index in [1.54, 1.807) is 0 Å². The van der Waals surface area contributed by atoms with Gasteiger partial charge in [-0.15, -0.1) is 0 Å². The standard InChI is InChI=1S/C9H16N2OS/c12-9(10-5-1-2-6-10)8-4-3-7-11(8)13/h8,13H,1-7H2/t8-/m1/s1. The topological polar surface area (TPSA) is 23.6 Å². The number of thiol groups is 1. The van der Waals surface area contributed by atoms with E-state index in [-0.39, 0.29) is 6.04 Å². The molecule has 1 amide bonds. The van der Waals surface area contributed by atoms with E-state index in [9.17, 15) is 4.79 Å². The third-order valence-electron chi connectivity index (χ3n) is 2.93. The SMILES string of the molecule is O=C([C@H]1CCCN1S)N1CCCC1. The second-order valence-corrected chi connectivity index (χ2v) is 4.37. The van der Waals surface area contributed by atoms with Crippen LogP contribution in [-0.2, 0) is 4.79 Å². The number of hydrogen-bond acceptors (Lipinski definition) is 3. The molecule has 0 unspecified atom stereocenters. The van der Waals surface area contributed by atoms with Crippen molar-refractivity contribution in [1.29, 1.82) is 0 Å². The van der Waals surface area contributed by atoms with Crippen molar-refractivity contribution in [3.63, 3.8) is 0 Å². The summed E-state index contributed by atoms with van der Waals surface area (Å²) in [5, 5.41) is 0. The smallest absolute Gasteiger partial charge is 0.240 e. The molecule has 0 spiro atoms. The Morgan fingerprint density at radius 3 is 2.38 bits per heavy atom. The predicted molar refractivity (Wildman–Crippen MR) is 54.5 cm³/mol. The highest BCUT2D eigenvalue weighted by atomic mass is 32.1. The van der Waals surface area contributed by atoms with Crippen LogP contribution in [0.4, 0.5) is 0 Å². The van der Waals surface area contributed by atoms with Crippen LogP contribution in [0.1, 0.15) is 25.7 Å². The molecular weight excluding hydrogens is 184 g/mol. The van der Waals surface area contributed by atoms with E-state index in [0.29, 0.717) is 5.91 Å². The lowest BCUT2D eigenvalue weighted by Gasteiger charge is -2.23. The van der Waals surface area contributed by atoms with E-state index in [4.69, 9.17) is 0 Å². The Morgan fingerprint density at radius 2 is 1.85 bits per heavy atom. The number of likely N-dealkylation sites (tertiary alicyclic amines) is 1. The zero-order chi connectivity index (χ0) is 9.26. The first kappa shape index (κ1) is 9.34. The fraction of sp³-hybridized carbons (Fsp3) is 0.889. The minimum atomic E-state index is 0.0569. The summed E-state index contributed by atoms with van der Waals surface area (Å²) in [6, 6.07) is 0.0569. The number of carbonyl (C=O) groups excluding carboxylic acids is 1. The van der Waals surface area contributed by atoms with Crippen LogP contribution in [0.25, 0.3) is 0 Å². The third-order valence-corrected chi connectivity index (χ3v) is 3.41. The van der Waals surface area contributed by atoms with Crippen LogP contribution in [0.3, 0.4) is 0 Å². The highest BCUT2D eigenvalue weighted by Gasteiger charge is 2.32. The van der Waals surface area contributed by atoms with E-state index < -0.39 is 0 Å². The molecule has 0 bridgehead atoms. The van der Waals surface area contributed by atoms with Gasteiger partial charge in [-0.3, -0.25) is 4.79 Å². The summed E-state index contributed by atoms with van der Waals surface area (Å²) >= 11 is 4.31. The molecule has 0 aliphatic carbocycles. The van der Waals surface area contributed by atoms with Gasteiger partial charge in [0.25, 0.3) is 0 Å². The molecule has 2 aliphatic rings. The maximum Gasteiger partial charge on any atom is 0.240 e. The lowest BCUT2D eigenvalue weighted by Crippen LogP contribution is -2.41. The first-order valence-corrected chi connectivity index (χ1v) is 5.43. The van der Waals surface area contributed by atoms with Gasteiger partial charge in [0.05, 0.1) is 6.04 Å². The molecule has 2 rings (SSSR count). The molecule has 0 aromatic heterocycles. The van der Waals surface area contributed by atoms with Crippen molar-refractivity contribution in [3.8, 4) is 0 Å². The normalized spacial score (nSPS) is 29.9. The van der Waals surface area contributed by atoms with E-state index >= 15 is 0 Å². The van der Waals surface area contributed by atoms with Gasteiger partial charge in [0.15, 0.2) is 0 Å². The van der Waals surface area contributed by atoms with Gasteiger partial charge in [-0.25, -0.2) is 4.31 Å². The maximum absolute atomic E-state index is 11.9. The van der Waals surface area contributed by atoms with Gasteiger partial charge in [0, 0.05) is 19.6 Å². The molecule has 2 aliphatic heterocycles. The summed E-state index contributed by atoms with van der Waals surface area (Å²) in [6.45, 7) is 2.86. The summed E-state index contributed by atoms with van der Waals surface area (Å²) < 4.78 is 1.89. The summed E-state index contributed by atoms with van der Waals surface area (Å²) in [7, 11) is 0. The van der Waals surface area contributed by atoms with Crippen molar-refractivity contribution < 1.29 is 4.79 Å². The second kappa shape index (κ2) is 3.88. The summed E-state index contributed by atoms with van der Waals surface area (Å²) in [4.78, 5) is 13.9. The molecule has 2 fully saturated rings. The van der Waals surface area contributed by atoms with Crippen molar-refractivity contribution in [3.05, 3.63) is 0 Å². The van der Waals surface area contributed by atoms with Crippen molar-refractivity contribution in [2.24, 2.45) is 0 Å². The average molecular weight is 200 g/mol. The van der Waals surface area contributed by atoms with Crippen molar-refractivity contribution in [1.82, 2.24) is 9.21 Å². The van der Waals surface area contributed by atoms with Crippen LogP contribution < -0.4 is 0 Å². The molecule has 13 heavy (non-hydrogen) atoms. The molecule has 0 aromatic rings. The number of hydrogen-bond donors (Lipinski definition) is 1. The minimum Gasteiger partial charge on any atom is -0.341 e. The van der Waals surface area contributed by atoms with Crippen LogP contribution in [0.5, 0.6) is 0 Å². The number of amides is 1. The van der Waals surface area contributed by atoms with Gasteiger partial charge in [-0.2, -0.15) is 0 Å². The molecule has 4 heteroatoms. The van der Waals surface area contributed by atoms with Crippen LogP contribution in [0.2, 0.25) is 0 Å². The van der Waals surface area contributed by atoms with Crippen LogP contribution in [0, 0.1) is 0 Å². The molecule has 0 N–H and O–H groups in total. The van der Waals surface area contributed by atoms with E-state index in [1.807, 2.05) is 9.21 Å². The Bertz CT molecular complexity index is 204. The lowest BCUT2D eigenvalue weighted by molar-refractivity contribution is -0.133. The molecule has 0 saturated carbocycles. The van der Waals surface area contributed by atoms with Crippen molar-refractivity contribution >= 4 is 18.7 Å². The Labute approximate surface area is 84.6 Å². The maximum atomic E-state index is 11.9. The number of rotatable bonds is 1. The first-order valence-electron chi connectivity index (χ1n) is 5.03. The zero-order valence-electron chi connectivity index (χ0n) is 7.78. The van der Waals surface area contributed by atoms with Gasteiger partial charge >= 0.3 is 0 Å². The average Bonchev–Trinajstić information content (AvgIpc) is 2.72. The fourth-order valence-corrected chi connectivity index (χ4v) is 2.51. The summed E-state index contributed by atoms with van der Waals surface area (Å²) in [5.41, 5.74) is 0. The van der Waals surface area contributed by atoms with Gasteiger partial charge in [-0.05, 0) is 25.7 Å². The summed E-state index contributed by atoms with van der Waals surface area (Å²) in [5.74, 6) is 0.296. The molecule has 0 aromatic carbocycles. The molecule has 0 radical (unpaired) electrons. The molecule has 2 saturated heterocycles. The summed E-state index contributed by atoms with van der Waals surface area (Å²) in [6.07, 6.45) is 4.43. The molecule has 3 nitrogen and oxygen atoms in total. The lowest BCUT2D eigenvalue weighted by atomic mass is 10.2. The quantitative estimate of drug-likeness (QED) is 0.636. The van der Waals surface area contributed by atoms with Gasteiger partial charge in [0.1, 0.15) is 0 Å². The number of nitrogens with zero attached hydrogens (tertiary/aromatic N) is 2. The van der Waals surface area contributed by atoms with Crippen molar-refractivity contribution in [2.75, 3.05) is 19.6 Å². The molecular formula is C9H16N2OS. The largest absolute Gasteiger partial charge is 0.341 e. The van der Waals surface area contributed by atoms with Crippen LogP contribution in [-0.4, -0.2) is 40.8 Å². The molecule has 74 valence electrons. The molecule has 2 heterocycles. The van der Waals surface area contributed by atoms with E-state index in [1.165, 1.54) is 12.8 Å².